The zero-order valence-electron chi connectivity index (χ0n) is 10.6. The molecule has 0 aliphatic heterocycles. The van der Waals surface area contributed by atoms with Crippen molar-refractivity contribution >= 4 is 0 Å². The molecule has 0 aliphatic rings. The van der Waals surface area contributed by atoms with E-state index in [1.165, 1.54) is 12.1 Å². The molecule has 0 amide bonds. The van der Waals surface area contributed by atoms with Crippen LogP contribution < -0.4 is 10.5 Å². The number of hydrogen-bond donors (Lipinski definition) is 1. The van der Waals surface area contributed by atoms with Crippen molar-refractivity contribution in [2.75, 3.05) is 6.61 Å². The second-order valence-corrected chi connectivity index (χ2v) is 4.35. The van der Waals surface area contributed by atoms with Crippen LogP contribution in [-0.4, -0.2) is 6.61 Å². The van der Waals surface area contributed by atoms with Crippen LogP contribution in [0.2, 0.25) is 0 Å². The molecule has 2 N–H and O–H groups in total. The van der Waals surface area contributed by atoms with E-state index < -0.39 is 11.7 Å². The van der Waals surface area contributed by atoms with Crippen LogP contribution in [0.25, 0.3) is 0 Å². The summed E-state index contributed by atoms with van der Waals surface area (Å²) in [6.07, 6.45) is -4.37. The SMILES string of the molecule is NC(COc1cccc(C(F)(F)F)c1)c1ccccc1. The Kier molecular flexibility index (Phi) is 4.29. The molecule has 0 saturated heterocycles. The molecule has 0 heterocycles. The molecule has 0 bridgehead atoms. The van der Waals surface area contributed by atoms with E-state index in [2.05, 4.69) is 0 Å². The van der Waals surface area contributed by atoms with Gasteiger partial charge in [-0.25, -0.2) is 0 Å². The topological polar surface area (TPSA) is 35.2 Å². The van der Waals surface area contributed by atoms with Gasteiger partial charge in [0, 0.05) is 0 Å². The van der Waals surface area contributed by atoms with Crippen molar-refractivity contribution in [3.8, 4) is 5.75 Å². The first kappa shape index (κ1) is 14.4. The highest BCUT2D eigenvalue weighted by Crippen LogP contribution is 2.31. The van der Waals surface area contributed by atoms with Gasteiger partial charge in [0.25, 0.3) is 0 Å². The number of hydrogen-bond acceptors (Lipinski definition) is 2. The van der Waals surface area contributed by atoms with Crippen molar-refractivity contribution < 1.29 is 17.9 Å². The summed E-state index contributed by atoms with van der Waals surface area (Å²) in [6, 6.07) is 13.6. The largest absolute Gasteiger partial charge is 0.492 e. The van der Waals surface area contributed by atoms with Crippen LogP contribution in [0.5, 0.6) is 5.75 Å². The predicted molar refractivity (Wildman–Crippen MR) is 70.3 cm³/mol. The van der Waals surface area contributed by atoms with E-state index in [0.717, 1.165) is 17.7 Å². The Hall–Kier alpha value is -2.01. The summed E-state index contributed by atoms with van der Waals surface area (Å²) in [4.78, 5) is 0. The van der Waals surface area contributed by atoms with E-state index in [1.54, 1.807) is 0 Å². The number of rotatable bonds is 4. The molecule has 0 spiro atoms. The zero-order valence-corrected chi connectivity index (χ0v) is 10.6. The highest BCUT2D eigenvalue weighted by atomic mass is 19.4. The predicted octanol–water partition coefficient (Wildman–Crippen LogP) is 3.78. The Balaban J connectivity index is 2.01. The molecule has 2 aromatic carbocycles. The van der Waals surface area contributed by atoms with Gasteiger partial charge in [0.15, 0.2) is 0 Å². The van der Waals surface area contributed by atoms with Crippen molar-refractivity contribution in [3.05, 3.63) is 65.7 Å². The average Bonchev–Trinajstić information content (AvgIpc) is 2.45. The van der Waals surface area contributed by atoms with Gasteiger partial charge in [-0.15, -0.1) is 0 Å². The maximum absolute atomic E-state index is 12.6. The molecule has 2 rings (SSSR count). The molecule has 0 saturated carbocycles. The maximum Gasteiger partial charge on any atom is 0.416 e. The summed E-state index contributed by atoms with van der Waals surface area (Å²) >= 11 is 0. The molecule has 20 heavy (non-hydrogen) atoms. The second kappa shape index (κ2) is 5.96. The van der Waals surface area contributed by atoms with Crippen LogP contribution in [-0.2, 0) is 6.18 Å². The second-order valence-electron chi connectivity index (χ2n) is 4.35. The van der Waals surface area contributed by atoms with Crippen LogP contribution in [0.4, 0.5) is 13.2 Å². The minimum Gasteiger partial charge on any atom is -0.492 e. The van der Waals surface area contributed by atoms with Crippen LogP contribution >= 0.6 is 0 Å². The first-order chi connectivity index (χ1) is 9.47. The van der Waals surface area contributed by atoms with Gasteiger partial charge in [0.1, 0.15) is 12.4 Å². The first-order valence-corrected chi connectivity index (χ1v) is 6.07. The lowest BCUT2D eigenvalue weighted by Gasteiger charge is -2.14. The van der Waals surface area contributed by atoms with Gasteiger partial charge in [-0.3, -0.25) is 0 Å². The Labute approximate surface area is 115 Å². The summed E-state index contributed by atoms with van der Waals surface area (Å²) in [5.41, 5.74) is 6.06. The monoisotopic (exact) mass is 281 g/mol. The summed E-state index contributed by atoms with van der Waals surface area (Å²) in [6.45, 7) is 0.116. The van der Waals surface area contributed by atoms with E-state index in [1.807, 2.05) is 30.3 Å². The van der Waals surface area contributed by atoms with Crippen molar-refractivity contribution in [1.82, 2.24) is 0 Å². The maximum atomic E-state index is 12.6. The molecular formula is C15H14F3NO. The molecule has 5 heteroatoms. The van der Waals surface area contributed by atoms with Crippen LogP contribution in [0.15, 0.2) is 54.6 Å². The molecule has 2 nitrogen and oxygen atoms in total. The fourth-order valence-electron chi connectivity index (χ4n) is 1.74. The highest BCUT2D eigenvalue weighted by Gasteiger charge is 2.30. The van der Waals surface area contributed by atoms with Crippen molar-refractivity contribution in [3.63, 3.8) is 0 Å². The third kappa shape index (κ3) is 3.74. The van der Waals surface area contributed by atoms with Crippen molar-refractivity contribution in [2.24, 2.45) is 5.73 Å². The standard InChI is InChI=1S/C15H14F3NO/c16-15(17,18)12-7-4-8-13(9-12)20-10-14(19)11-5-2-1-3-6-11/h1-9,14H,10,19H2. The summed E-state index contributed by atoms with van der Waals surface area (Å²) < 4.78 is 43.0. The number of alkyl halides is 3. The highest BCUT2D eigenvalue weighted by molar-refractivity contribution is 5.30. The van der Waals surface area contributed by atoms with E-state index in [-0.39, 0.29) is 18.4 Å². The average molecular weight is 281 g/mol. The lowest BCUT2D eigenvalue weighted by Crippen LogP contribution is -2.19. The lowest BCUT2D eigenvalue weighted by atomic mass is 10.1. The Bertz CT molecular complexity index is 555. The van der Waals surface area contributed by atoms with E-state index in [9.17, 15) is 13.2 Å². The van der Waals surface area contributed by atoms with Crippen LogP contribution in [0.3, 0.4) is 0 Å². The minimum atomic E-state index is -4.37. The number of ether oxygens (including phenoxy) is 1. The molecule has 2 aromatic rings. The quantitative estimate of drug-likeness (QED) is 0.925. The molecule has 1 unspecified atom stereocenters. The molecule has 0 radical (unpaired) electrons. The number of nitrogens with two attached hydrogens (primary N) is 1. The summed E-state index contributed by atoms with van der Waals surface area (Å²) in [5, 5.41) is 0. The molecule has 0 fully saturated rings. The molecule has 106 valence electrons. The Morgan fingerprint density at radius 1 is 1.00 bits per heavy atom. The molecule has 1 atom stereocenters. The van der Waals surface area contributed by atoms with Crippen LogP contribution in [0.1, 0.15) is 17.2 Å². The lowest BCUT2D eigenvalue weighted by molar-refractivity contribution is -0.137. The Morgan fingerprint density at radius 2 is 1.70 bits per heavy atom. The minimum absolute atomic E-state index is 0.116. The summed E-state index contributed by atoms with van der Waals surface area (Å²) in [5.74, 6) is 0.159. The Morgan fingerprint density at radius 3 is 2.35 bits per heavy atom. The van der Waals surface area contributed by atoms with E-state index in [0.29, 0.717) is 0 Å². The van der Waals surface area contributed by atoms with Gasteiger partial charge < -0.3 is 10.5 Å². The smallest absolute Gasteiger partial charge is 0.416 e. The van der Waals surface area contributed by atoms with Gasteiger partial charge in [0.05, 0.1) is 11.6 Å². The van der Waals surface area contributed by atoms with E-state index >= 15 is 0 Å². The number of benzene rings is 2. The third-order valence-electron chi connectivity index (χ3n) is 2.82. The fourth-order valence-corrected chi connectivity index (χ4v) is 1.74. The molecule has 0 aliphatic carbocycles. The van der Waals surface area contributed by atoms with Gasteiger partial charge in [-0.2, -0.15) is 13.2 Å². The summed E-state index contributed by atoms with van der Waals surface area (Å²) in [7, 11) is 0. The number of halogens is 3. The van der Waals surface area contributed by atoms with Gasteiger partial charge in [-0.05, 0) is 23.8 Å². The molecule has 0 aromatic heterocycles. The normalized spacial score (nSPS) is 13.0. The van der Waals surface area contributed by atoms with E-state index in [4.69, 9.17) is 10.5 Å². The van der Waals surface area contributed by atoms with Gasteiger partial charge in [-0.1, -0.05) is 36.4 Å². The third-order valence-corrected chi connectivity index (χ3v) is 2.82. The van der Waals surface area contributed by atoms with Gasteiger partial charge >= 0.3 is 6.18 Å². The van der Waals surface area contributed by atoms with Crippen molar-refractivity contribution in [2.45, 2.75) is 12.2 Å². The van der Waals surface area contributed by atoms with Crippen LogP contribution in [0, 0.1) is 0 Å². The van der Waals surface area contributed by atoms with Gasteiger partial charge in [0.2, 0.25) is 0 Å². The van der Waals surface area contributed by atoms with Crippen molar-refractivity contribution in [1.29, 1.82) is 0 Å². The zero-order chi connectivity index (χ0) is 14.6. The first-order valence-electron chi connectivity index (χ1n) is 6.07. The fraction of sp³-hybridized carbons (Fsp3) is 0.200. The molecular weight excluding hydrogens is 267 g/mol.